The summed E-state index contributed by atoms with van der Waals surface area (Å²) in [6.45, 7) is 2.61. The van der Waals surface area contributed by atoms with Gasteiger partial charge >= 0.3 is 12.4 Å². The molecule has 0 unspecified atom stereocenters. The number of unbranched alkanes of at least 4 members (excludes halogenated alkanes) is 1. The number of hydrogen-bond acceptors (Lipinski definition) is 6. The highest BCUT2D eigenvalue weighted by Gasteiger charge is 2.37. The first kappa shape index (κ1) is 21.6. The van der Waals surface area contributed by atoms with Gasteiger partial charge in [0.25, 0.3) is 0 Å². The molecule has 0 bridgehead atoms. The fraction of sp³-hybridized carbons (Fsp3) is 0.375. The molecule has 0 fully saturated rings. The zero-order valence-corrected chi connectivity index (χ0v) is 16.4. The van der Waals surface area contributed by atoms with Crippen LogP contribution in [0.1, 0.15) is 30.9 Å². The highest BCUT2D eigenvalue weighted by molar-refractivity contribution is 8.00. The number of rotatable bonds is 6. The molecule has 29 heavy (non-hydrogen) atoms. The van der Waals surface area contributed by atoms with E-state index in [0.29, 0.717) is 28.2 Å². The highest BCUT2D eigenvalue weighted by atomic mass is 32.2. The van der Waals surface area contributed by atoms with Gasteiger partial charge < -0.3 is 0 Å². The Balaban J connectivity index is 1.86. The van der Waals surface area contributed by atoms with Crippen molar-refractivity contribution in [2.45, 2.75) is 48.2 Å². The van der Waals surface area contributed by atoms with Gasteiger partial charge in [-0.05, 0) is 41.6 Å². The predicted octanol–water partition coefficient (Wildman–Crippen LogP) is 5.79. The van der Waals surface area contributed by atoms with Gasteiger partial charge in [0.15, 0.2) is 4.34 Å². The molecule has 0 saturated carbocycles. The van der Waals surface area contributed by atoms with Crippen LogP contribution in [0.15, 0.2) is 33.1 Å². The fourth-order valence-electron chi connectivity index (χ4n) is 2.28. The molecule has 2 heterocycles. The van der Waals surface area contributed by atoms with Crippen LogP contribution in [0.3, 0.4) is 0 Å². The zero-order chi connectivity index (χ0) is 21.2. The Bertz CT molecular complexity index is 947. The van der Waals surface area contributed by atoms with E-state index in [1.54, 1.807) is 0 Å². The largest absolute Gasteiger partial charge is 0.416 e. The lowest BCUT2D eigenvalue weighted by Gasteiger charge is -2.13. The zero-order valence-electron chi connectivity index (χ0n) is 14.8. The van der Waals surface area contributed by atoms with Crippen LogP contribution in [-0.2, 0) is 18.9 Å². The smallest absolute Gasteiger partial charge is 0.229 e. The van der Waals surface area contributed by atoms with Gasteiger partial charge in [-0.25, -0.2) is 4.98 Å². The van der Waals surface area contributed by atoms with Crippen molar-refractivity contribution in [3.63, 3.8) is 0 Å². The molecule has 0 atom stereocenters. The van der Waals surface area contributed by atoms with E-state index in [9.17, 15) is 26.3 Å². The fourth-order valence-corrected chi connectivity index (χ4v) is 3.91. The Morgan fingerprint density at radius 1 is 1.03 bits per heavy atom. The highest BCUT2D eigenvalue weighted by Crippen LogP contribution is 2.39. The third kappa shape index (κ3) is 5.47. The van der Waals surface area contributed by atoms with Gasteiger partial charge in [0.05, 0.1) is 23.4 Å². The normalized spacial score (nSPS) is 12.5. The maximum Gasteiger partial charge on any atom is 0.416 e. The lowest BCUT2D eigenvalue weighted by Crippen LogP contribution is -2.11. The molecule has 0 saturated heterocycles. The van der Waals surface area contributed by atoms with E-state index >= 15 is 0 Å². The quantitative estimate of drug-likeness (QED) is 0.443. The van der Waals surface area contributed by atoms with Crippen molar-refractivity contribution in [2.24, 2.45) is 0 Å². The molecule has 0 aliphatic carbocycles. The van der Waals surface area contributed by atoms with Crippen molar-refractivity contribution in [3.8, 4) is 11.3 Å². The van der Waals surface area contributed by atoms with E-state index in [1.807, 2.05) is 6.92 Å². The maximum absolute atomic E-state index is 13.0. The number of nitrogens with zero attached hydrogens (tertiary/aromatic N) is 5. The Morgan fingerprint density at radius 3 is 2.28 bits per heavy atom. The summed E-state index contributed by atoms with van der Waals surface area (Å²) in [7, 11) is 0. The monoisotopic (exact) mass is 453 g/mol. The van der Waals surface area contributed by atoms with Crippen LogP contribution in [0.4, 0.5) is 26.3 Å². The van der Waals surface area contributed by atoms with Crippen molar-refractivity contribution in [1.29, 1.82) is 0 Å². The number of halogens is 6. The molecule has 5 nitrogen and oxygen atoms in total. The topological polar surface area (TPSA) is 56.5 Å². The second-order valence-corrected chi connectivity index (χ2v) is 7.99. The van der Waals surface area contributed by atoms with Crippen molar-refractivity contribution >= 4 is 23.1 Å². The van der Waals surface area contributed by atoms with Crippen LogP contribution in [0, 0.1) is 0 Å². The number of aryl methyl sites for hydroxylation is 1. The summed E-state index contributed by atoms with van der Waals surface area (Å²) in [6.07, 6.45) is -8.00. The Hall–Kier alpha value is -2.15. The van der Waals surface area contributed by atoms with Gasteiger partial charge in [-0.2, -0.15) is 31.1 Å². The minimum Gasteiger partial charge on any atom is -0.229 e. The molecule has 0 spiro atoms. The molecule has 0 N–H and O–H groups in total. The summed E-state index contributed by atoms with van der Waals surface area (Å²) < 4.78 is 78.5. The SMILES string of the molecule is CCCCn1nnc(Sc2nc(-c3cc(C(F)(F)F)cc(C(F)(F)F)c3)cs2)n1. The van der Waals surface area contributed by atoms with Gasteiger partial charge in [0, 0.05) is 10.9 Å². The predicted molar refractivity (Wildman–Crippen MR) is 94.4 cm³/mol. The Labute approximate surface area is 169 Å². The van der Waals surface area contributed by atoms with Crippen molar-refractivity contribution in [2.75, 3.05) is 0 Å². The first-order chi connectivity index (χ1) is 13.6. The van der Waals surface area contributed by atoms with Crippen LogP contribution < -0.4 is 0 Å². The van der Waals surface area contributed by atoms with Crippen molar-refractivity contribution in [3.05, 3.63) is 34.7 Å². The molecule has 0 radical (unpaired) electrons. The molecule has 3 aromatic rings. The third-order valence-corrected chi connectivity index (χ3v) is 5.48. The lowest BCUT2D eigenvalue weighted by atomic mass is 10.0. The first-order valence-corrected chi connectivity index (χ1v) is 9.97. The average molecular weight is 453 g/mol. The number of tetrazole rings is 1. The van der Waals surface area contributed by atoms with Crippen LogP contribution in [0.5, 0.6) is 0 Å². The molecular weight excluding hydrogens is 440 g/mol. The van der Waals surface area contributed by atoms with Gasteiger partial charge in [0.1, 0.15) is 0 Å². The summed E-state index contributed by atoms with van der Waals surface area (Å²) in [5.74, 6) is 0. The summed E-state index contributed by atoms with van der Waals surface area (Å²) in [5, 5.41) is 13.6. The average Bonchev–Trinajstić information content (AvgIpc) is 3.28. The summed E-state index contributed by atoms with van der Waals surface area (Å²) >= 11 is 2.10. The standard InChI is InChI=1S/C16H13F6N5S2/c1-2-3-4-27-25-13(24-26-27)29-14-23-12(8-28-14)9-5-10(15(17,18)19)7-11(6-9)16(20,21)22/h5-8H,2-4H2,1H3. The summed E-state index contributed by atoms with van der Waals surface area (Å²) in [5.41, 5.74) is -3.03. The number of thiazole rings is 1. The van der Waals surface area contributed by atoms with Crippen molar-refractivity contribution in [1.82, 2.24) is 25.2 Å². The third-order valence-electron chi connectivity index (χ3n) is 3.69. The molecule has 1 aromatic carbocycles. The van der Waals surface area contributed by atoms with Crippen LogP contribution >= 0.6 is 23.1 Å². The molecule has 0 aliphatic heterocycles. The molecule has 13 heteroatoms. The number of aromatic nitrogens is 5. The van der Waals surface area contributed by atoms with Crippen LogP contribution in [0.2, 0.25) is 0 Å². The summed E-state index contributed by atoms with van der Waals surface area (Å²) in [4.78, 5) is 5.54. The number of benzene rings is 1. The van der Waals surface area contributed by atoms with Gasteiger partial charge in [-0.15, -0.1) is 21.5 Å². The van der Waals surface area contributed by atoms with Gasteiger partial charge in [0.2, 0.25) is 5.16 Å². The number of hydrogen-bond donors (Lipinski definition) is 0. The Kier molecular flexibility index (Phi) is 6.17. The van der Waals surface area contributed by atoms with Gasteiger partial charge in [-0.1, -0.05) is 13.3 Å². The minimum atomic E-state index is -4.91. The van der Waals surface area contributed by atoms with Gasteiger partial charge in [-0.3, -0.25) is 0 Å². The van der Waals surface area contributed by atoms with Crippen LogP contribution in [0.25, 0.3) is 11.3 Å². The van der Waals surface area contributed by atoms with Crippen LogP contribution in [-0.4, -0.2) is 25.2 Å². The summed E-state index contributed by atoms with van der Waals surface area (Å²) in [6, 6.07) is 1.39. The van der Waals surface area contributed by atoms with E-state index in [-0.39, 0.29) is 17.3 Å². The molecule has 0 aliphatic rings. The van der Waals surface area contributed by atoms with E-state index in [4.69, 9.17) is 0 Å². The lowest BCUT2D eigenvalue weighted by molar-refractivity contribution is -0.143. The molecular formula is C16H13F6N5S2. The molecule has 3 rings (SSSR count). The molecule has 0 amide bonds. The van der Waals surface area contributed by atoms with E-state index in [0.717, 1.165) is 35.9 Å². The molecule has 156 valence electrons. The number of alkyl halides is 6. The maximum atomic E-state index is 13.0. The van der Waals surface area contributed by atoms with E-state index < -0.39 is 23.5 Å². The van der Waals surface area contributed by atoms with E-state index in [2.05, 4.69) is 20.4 Å². The molecule has 2 aromatic heterocycles. The second kappa shape index (κ2) is 8.30. The Morgan fingerprint density at radius 2 is 1.69 bits per heavy atom. The van der Waals surface area contributed by atoms with E-state index in [1.165, 1.54) is 10.2 Å². The van der Waals surface area contributed by atoms with Crippen molar-refractivity contribution < 1.29 is 26.3 Å². The second-order valence-electron chi connectivity index (χ2n) is 5.92. The minimum absolute atomic E-state index is 0.00692. The first-order valence-electron chi connectivity index (χ1n) is 8.27.